The number of esters is 1. The van der Waals surface area contributed by atoms with Crippen LogP contribution in [-0.4, -0.2) is 41.5 Å². The molecule has 10 heteroatoms. The van der Waals surface area contributed by atoms with Gasteiger partial charge >= 0.3 is 11.9 Å². The number of hydrogen-bond donors (Lipinski definition) is 1. The summed E-state index contributed by atoms with van der Waals surface area (Å²) in [5, 5.41) is 12.0. The maximum atomic E-state index is 13.4. The molecule has 1 atom stereocenters. The zero-order valence-corrected chi connectivity index (χ0v) is 22.3. The number of anilines is 1. The smallest absolute Gasteiger partial charge is 0.350 e. The van der Waals surface area contributed by atoms with E-state index in [2.05, 4.69) is 4.98 Å². The molecule has 1 unspecified atom stereocenters. The second kappa shape index (κ2) is 10.7. The lowest BCUT2D eigenvalue weighted by Gasteiger charge is -2.23. The Bertz CT molecular complexity index is 1410. The first-order valence-corrected chi connectivity index (χ1v) is 12.7. The van der Waals surface area contributed by atoms with Gasteiger partial charge in [-0.1, -0.05) is 42.0 Å². The molecule has 1 aromatic heterocycles. The highest BCUT2D eigenvalue weighted by atomic mass is 35.5. The van der Waals surface area contributed by atoms with Crippen LogP contribution in [0.15, 0.2) is 48.0 Å². The lowest BCUT2D eigenvalue weighted by atomic mass is 9.94. The number of methoxy groups -OCH3 is 1. The number of ether oxygens (including phenoxy) is 2. The Labute approximate surface area is 223 Å². The van der Waals surface area contributed by atoms with Crippen molar-refractivity contribution in [3.8, 4) is 5.75 Å². The van der Waals surface area contributed by atoms with Crippen molar-refractivity contribution in [3.05, 3.63) is 80.3 Å². The third-order valence-corrected chi connectivity index (χ3v) is 7.31. The molecule has 2 heterocycles. The lowest BCUT2D eigenvalue weighted by Crippen LogP contribution is -2.29. The zero-order chi connectivity index (χ0) is 26.9. The third-order valence-electron chi connectivity index (χ3n) is 5.92. The SMILES string of the molecule is CCCOc1ccc(C(O)=C2C(=O)C(=O)N(c3nc(C)c(C(=O)OC)s3)C2c2ccc(Cl)cc2)c(C)c1. The number of carbonyl (C=O) groups is 3. The number of rotatable bonds is 7. The van der Waals surface area contributed by atoms with Gasteiger partial charge in [0.1, 0.15) is 16.4 Å². The lowest BCUT2D eigenvalue weighted by molar-refractivity contribution is -0.132. The van der Waals surface area contributed by atoms with Gasteiger partial charge in [0.25, 0.3) is 5.78 Å². The molecule has 0 radical (unpaired) electrons. The fourth-order valence-corrected chi connectivity index (χ4v) is 5.25. The van der Waals surface area contributed by atoms with E-state index in [0.717, 1.165) is 17.8 Å². The van der Waals surface area contributed by atoms with Gasteiger partial charge in [0.05, 0.1) is 31.0 Å². The molecular weight excluding hydrogens is 516 g/mol. The van der Waals surface area contributed by atoms with Crippen molar-refractivity contribution >= 4 is 51.5 Å². The van der Waals surface area contributed by atoms with Gasteiger partial charge in [-0.3, -0.25) is 14.5 Å². The maximum Gasteiger partial charge on any atom is 0.350 e. The first-order valence-electron chi connectivity index (χ1n) is 11.5. The van der Waals surface area contributed by atoms with Crippen molar-refractivity contribution in [2.24, 2.45) is 0 Å². The van der Waals surface area contributed by atoms with Gasteiger partial charge in [0.2, 0.25) is 0 Å². The predicted octanol–water partition coefficient (Wildman–Crippen LogP) is 5.62. The van der Waals surface area contributed by atoms with E-state index in [9.17, 15) is 19.5 Å². The monoisotopic (exact) mass is 540 g/mol. The van der Waals surface area contributed by atoms with Crippen LogP contribution >= 0.6 is 22.9 Å². The van der Waals surface area contributed by atoms with E-state index in [1.54, 1.807) is 56.3 Å². The van der Waals surface area contributed by atoms with Gasteiger partial charge in [-0.05, 0) is 61.7 Å². The summed E-state index contributed by atoms with van der Waals surface area (Å²) >= 11 is 7.03. The fraction of sp³-hybridized carbons (Fsp3) is 0.259. The summed E-state index contributed by atoms with van der Waals surface area (Å²) in [5.41, 5.74) is 1.88. The first-order chi connectivity index (χ1) is 17.7. The number of carbonyl (C=O) groups excluding carboxylic acids is 3. The first kappa shape index (κ1) is 26.4. The number of Topliss-reactive ketones (excluding diaryl/α,β-unsaturated/α-hetero) is 1. The van der Waals surface area contributed by atoms with Gasteiger partial charge < -0.3 is 14.6 Å². The van der Waals surface area contributed by atoms with Crippen LogP contribution in [0, 0.1) is 13.8 Å². The Morgan fingerprint density at radius 1 is 1.16 bits per heavy atom. The van der Waals surface area contributed by atoms with Crippen LogP contribution in [0.1, 0.15) is 51.4 Å². The molecule has 192 valence electrons. The normalized spacial score (nSPS) is 16.8. The molecule has 8 nitrogen and oxygen atoms in total. The molecular formula is C27H25ClN2O6S. The molecule has 1 aliphatic heterocycles. The molecule has 1 aliphatic rings. The van der Waals surface area contributed by atoms with Crippen LogP contribution in [0.5, 0.6) is 5.75 Å². The number of aromatic nitrogens is 1. The molecule has 4 rings (SSSR count). The molecule has 0 saturated carbocycles. The van der Waals surface area contributed by atoms with Gasteiger partial charge in [0.15, 0.2) is 5.13 Å². The Morgan fingerprint density at radius 2 is 1.86 bits per heavy atom. The highest BCUT2D eigenvalue weighted by molar-refractivity contribution is 7.17. The van der Waals surface area contributed by atoms with E-state index in [-0.39, 0.29) is 21.3 Å². The van der Waals surface area contributed by atoms with Crippen LogP contribution in [0.3, 0.4) is 0 Å². The van der Waals surface area contributed by atoms with Crippen LogP contribution in [0.25, 0.3) is 5.76 Å². The molecule has 0 aliphatic carbocycles. The summed E-state index contributed by atoms with van der Waals surface area (Å²) in [7, 11) is 1.25. The molecule has 37 heavy (non-hydrogen) atoms. The Balaban J connectivity index is 1.89. The highest BCUT2D eigenvalue weighted by Gasteiger charge is 2.48. The minimum absolute atomic E-state index is 0.0925. The van der Waals surface area contributed by atoms with Gasteiger partial charge in [-0.25, -0.2) is 9.78 Å². The predicted molar refractivity (Wildman–Crippen MR) is 141 cm³/mol. The Morgan fingerprint density at radius 3 is 2.49 bits per heavy atom. The number of benzene rings is 2. The minimum Gasteiger partial charge on any atom is -0.507 e. The summed E-state index contributed by atoms with van der Waals surface area (Å²) < 4.78 is 10.5. The number of aliphatic hydroxyl groups excluding tert-OH is 1. The molecule has 2 aromatic carbocycles. The standard InChI is InChI=1S/C27H25ClN2O6S/c1-5-12-36-18-10-11-19(14(2)13-18)22(31)20-21(16-6-8-17(28)9-7-16)30(25(33)23(20)32)27-29-15(3)24(37-27)26(34)35-4/h6-11,13,21,31H,5,12H2,1-4H3. The number of amides is 1. The van der Waals surface area contributed by atoms with Crippen LogP contribution in [-0.2, 0) is 14.3 Å². The van der Waals surface area contributed by atoms with Crippen molar-refractivity contribution < 1.29 is 29.0 Å². The summed E-state index contributed by atoms with van der Waals surface area (Å²) in [4.78, 5) is 44.7. The molecule has 1 amide bonds. The second-order valence-electron chi connectivity index (χ2n) is 8.45. The summed E-state index contributed by atoms with van der Waals surface area (Å²) in [6.07, 6.45) is 0.846. The third kappa shape index (κ3) is 4.97. The summed E-state index contributed by atoms with van der Waals surface area (Å²) in [6.45, 7) is 5.95. The van der Waals surface area contributed by atoms with Crippen LogP contribution in [0.2, 0.25) is 5.02 Å². The summed E-state index contributed by atoms with van der Waals surface area (Å²) in [5.74, 6) is -2.01. The van der Waals surface area contributed by atoms with Crippen molar-refractivity contribution in [1.82, 2.24) is 4.98 Å². The molecule has 1 saturated heterocycles. The van der Waals surface area contributed by atoms with E-state index >= 15 is 0 Å². The minimum atomic E-state index is -0.997. The van der Waals surface area contributed by atoms with E-state index in [1.807, 2.05) is 6.92 Å². The quantitative estimate of drug-likeness (QED) is 0.179. The number of ketones is 1. The van der Waals surface area contributed by atoms with Crippen molar-refractivity contribution in [3.63, 3.8) is 0 Å². The van der Waals surface area contributed by atoms with E-state index in [4.69, 9.17) is 21.1 Å². The number of aryl methyl sites for hydroxylation is 2. The Kier molecular flexibility index (Phi) is 7.65. The number of thiazole rings is 1. The number of hydrogen-bond acceptors (Lipinski definition) is 8. The molecule has 0 bridgehead atoms. The summed E-state index contributed by atoms with van der Waals surface area (Å²) in [6, 6.07) is 10.8. The van der Waals surface area contributed by atoms with Crippen molar-refractivity contribution in [1.29, 1.82) is 0 Å². The average Bonchev–Trinajstić information content (AvgIpc) is 3.39. The number of aliphatic hydroxyl groups is 1. The molecule has 1 N–H and O–H groups in total. The average molecular weight is 541 g/mol. The van der Waals surface area contributed by atoms with E-state index in [0.29, 0.717) is 39.8 Å². The van der Waals surface area contributed by atoms with E-state index < -0.39 is 23.7 Å². The van der Waals surface area contributed by atoms with Crippen molar-refractivity contribution in [2.45, 2.75) is 33.2 Å². The Hall–Kier alpha value is -3.69. The largest absolute Gasteiger partial charge is 0.507 e. The zero-order valence-electron chi connectivity index (χ0n) is 20.7. The van der Waals surface area contributed by atoms with Gasteiger partial charge in [0, 0.05) is 10.6 Å². The van der Waals surface area contributed by atoms with Gasteiger partial charge in [-0.15, -0.1) is 0 Å². The maximum absolute atomic E-state index is 13.4. The van der Waals surface area contributed by atoms with Crippen molar-refractivity contribution in [2.75, 3.05) is 18.6 Å². The molecule has 3 aromatic rings. The van der Waals surface area contributed by atoms with Crippen LogP contribution in [0.4, 0.5) is 5.13 Å². The number of nitrogens with zero attached hydrogens (tertiary/aromatic N) is 2. The second-order valence-corrected chi connectivity index (χ2v) is 9.86. The topological polar surface area (TPSA) is 106 Å². The van der Waals surface area contributed by atoms with Crippen LogP contribution < -0.4 is 9.64 Å². The highest BCUT2D eigenvalue weighted by Crippen LogP contribution is 2.44. The fourth-order valence-electron chi connectivity index (χ4n) is 4.11. The molecule has 1 fully saturated rings. The number of halogens is 1. The molecule has 0 spiro atoms. The van der Waals surface area contributed by atoms with Gasteiger partial charge in [-0.2, -0.15) is 0 Å². The van der Waals surface area contributed by atoms with E-state index in [1.165, 1.54) is 12.0 Å².